The third kappa shape index (κ3) is 2.95. The topological polar surface area (TPSA) is 42.2 Å². The second-order valence-corrected chi connectivity index (χ2v) is 6.86. The number of furan rings is 1. The van der Waals surface area contributed by atoms with Crippen molar-refractivity contribution in [3.8, 4) is 0 Å². The van der Waals surface area contributed by atoms with Crippen molar-refractivity contribution in [3.63, 3.8) is 0 Å². The number of amides is 1. The summed E-state index contributed by atoms with van der Waals surface area (Å²) in [5.74, 6) is -0.0835. The van der Waals surface area contributed by atoms with Crippen LogP contribution in [0.1, 0.15) is 16.1 Å². The van der Waals surface area contributed by atoms with Gasteiger partial charge in [-0.15, -0.1) is 0 Å². The van der Waals surface area contributed by atoms with Crippen LogP contribution in [0.15, 0.2) is 40.8 Å². The van der Waals surface area contributed by atoms with Gasteiger partial charge in [-0.05, 0) is 65.9 Å². The van der Waals surface area contributed by atoms with Gasteiger partial charge in [0.05, 0.1) is 10.7 Å². The van der Waals surface area contributed by atoms with E-state index in [0.29, 0.717) is 21.3 Å². The van der Waals surface area contributed by atoms with Gasteiger partial charge in [0.2, 0.25) is 0 Å². The fourth-order valence-corrected chi connectivity index (χ4v) is 3.25. The van der Waals surface area contributed by atoms with Crippen molar-refractivity contribution in [3.05, 3.63) is 61.3 Å². The van der Waals surface area contributed by atoms with Crippen molar-refractivity contribution in [2.24, 2.45) is 0 Å². The summed E-state index contributed by atoms with van der Waals surface area (Å²) in [6, 6.07) is 10.7. The van der Waals surface area contributed by atoms with E-state index in [1.165, 1.54) is 0 Å². The van der Waals surface area contributed by atoms with Crippen LogP contribution in [0.25, 0.3) is 11.0 Å². The Morgan fingerprint density at radius 2 is 1.95 bits per heavy atom. The minimum absolute atomic E-state index is 0.256. The highest BCUT2D eigenvalue weighted by molar-refractivity contribution is 14.1. The first-order valence-electron chi connectivity index (χ1n) is 6.41. The van der Waals surface area contributed by atoms with E-state index in [-0.39, 0.29) is 11.7 Å². The summed E-state index contributed by atoms with van der Waals surface area (Å²) < 4.78 is 6.63. The number of hydrogen-bond acceptors (Lipinski definition) is 2. The highest BCUT2D eigenvalue weighted by atomic mass is 127. The normalized spacial score (nSPS) is 10.9. The van der Waals surface area contributed by atoms with E-state index in [9.17, 15) is 4.79 Å². The van der Waals surface area contributed by atoms with Crippen molar-refractivity contribution < 1.29 is 9.21 Å². The minimum atomic E-state index is -0.340. The zero-order valence-corrected chi connectivity index (χ0v) is 15.1. The number of carbonyl (C=O) groups excluding carboxylic acids is 1. The minimum Gasteiger partial charge on any atom is -0.451 e. The highest BCUT2D eigenvalue weighted by Gasteiger charge is 2.18. The number of carbonyl (C=O) groups is 1. The van der Waals surface area contributed by atoms with Gasteiger partial charge in [0.25, 0.3) is 5.91 Å². The maximum Gasteiger partial charge on any atom is 0.291 e. The van der Waals surface area contributed by atoms with E-state index in [0.717, 1.165) is 14.5 Å². The van der Waals surface area contributed by atoms with Crippen molar-refractivity contribution in [2.75, 3.05) is 5.32 Å². The fourth-order valence-electron chi connectivity index (χ4n) is 2.18. The number of halogens is 3. The van der Waals surface area contributed by atoms with Gasteiger partial charge in [0, 0.05) is 19.5 Å². The molecular weight excluding hydrogens is 436 g/mol. The lowest BCUT2D eigenvalue weighted by Gasteiger charge is -2.06. The number of benzene rings is 2. The van der Waals surface area contributed by atoms with Crippen LogP contribution in [0.2, 0.25) is 10.0 Å². The third-order valence-corrected chi connectivity index (χ3v) is 4.50. The molecule has 0 aliphatic carbocycles. The molecule has 0 unspecified atom stereocenters. The summed E-state index contributed by atoms with van der Waals surface area (Å²) in [5, 5.41) is 4.68. The lowest BCUT2D eigenvalue weighted by atomic mass is 10.1. The van der Waals surface area contributed by atoms with E-state index < -0.39 is 0 Å². The standard InChI is InChI=1S/C16H10Cl2INO2/c1-8-11-6-9(17)2-5-14(11)22-15(8)16(21)20-13-4-3-10(19)7-12(13)18/h2-7H,1H3,(H,20,21). The molecule has 1 aromatic heterocycles. The van der Waals surface area contributed by atoms with Crippen LogP contribution in [0.3, 0.4) is 0 Å². The summed E-state index contributed by atoms with van der Waals surface area (Å²) in [7, 11) is 0. The zero-order valence-electron chi connectivity index (χ0n) is 11.4. The molecule has 0 aliphatic rings. The molecule has 0 saturated heterocycles. The summed E-state index contributed by atoms with van der Waals surface area (Å²) in [6.45, 7) is 1.83. The molecule has 6 heteroatoms. The number of aryl methyl sites for hydroxylation is 1. The summed E-state index contributed by atoms with van der Waals surface area (Å²) >= 11 is 14.3. The summed E-state index contributed by atoms with van der Waals surface area (Å²) in [6.07, 6.45) is 0. The molecule has 0 spiro atoms. The van der Waals surface area contributed by atoms with Crippen molar-refractivity contribution in [2.45, 2.75) is 6.92 Å². The molecule has 3 aromatic rings. The second-order valence-electron chi connectivity index (χ2n) is 4.77. The molecule has 0 radical (unpaired) electrons. The molecule has 3 nitrogen and oxygen atoms in total. The van der Waals surface area contributed by atoms with Gasteiger partial charge < -0.3 is 9.73 Å². The zero-order chi connectivity index (χ0) is 15.9. The maximum absolute atomic E-state index is 12.4. The molecular formula is C16H10Cl2INO2. The molecule has 2 aromatic carbocycles. The predicted octanol–water partition coefficient (Wildman–Crippen LogP) is 5.90. The van der Waals surface area contributed by atoms with E-state index in [4.69, 9.17) is 27.6 Å². The molecule has 3 rings (SSSR count). The highest BCUT2D eigenvalue weighted by Crippen LogP contribution is 2.29. The number of fused-ring (bicyclic) bond motifs is 1. The van der Waals surface area contributed by atoms with Gasteiger partial charge in [-0.3, -0.25) is 4.79 Å². The SMILES string of the molecule is Cc1c(C(=O)Nc2ccc(I)cc2Cl)oc2ccc(Cl)cc12. The van der Waals surface area contributed by atoms with Gasteiger partial charge in [-0.2, -0.15) is 0 Å². The lowest BCUT2D eigenvalue weighted by Crippen LogP contribution is -2.12. The molecule has 1 N–H and O–H groups in total. The lowest BCUT2D eigenvalue weighted by molar-refractivity contribution is 0.0998. The van der Waals surface area contributed by atoms with E-state index in [1.807, 2.05) is 13.0 Å². The molecule has 22 heavy (non-hydrogen) atoms. The Kier molecular flexibility index (Phi) is 4.34. The van der Waals surface area contributed by atoms with Crippen LogP contribution in [0, 0.1) is 10.5 Å². The molecule has 0 bridgehead atoms. The molecule has 112 valence electrons. The van der Waals surface area contributed by atoms with E-state index in [1.54, 1.807) is 30.3 Å². The molecule has 0 fully saturated rings. The Labute approximate surface area is 150 Å². The van der Waals surface area contributed by atoms with Crippen LogP contribution in [0.4, 0.5) is 5.69 Å². The Morgan fingerprint density at radius 1 is 1.18 bits per heavy atom. The Hall–Kier alpha value is -1.24. The van der Waals surface area contributed by atoms with Crippen LogP contribution >= 0.6 is 45.8 Å². The van der Waals surface area contributed by atoms with Crippen molar-refractivity contribution >= 4 is 68.4 Å². The molecule has 0 aliphatic heterocycles. The number of rotatable bonds is 2. The first-order chi connectivity index (χ1) is 10.5. The van der Waals surface area contributed by atoms with Gasteiger partial charge in [0.15, 0.2) is 5.76 Å². The van der Waals surface area contributed by atoms with Gasteiger partial charge in [-0.1, -0.05) is 23.2 Å². The summed E-state index contributed by atoms with van der Waals surface area (Å²) in [4.78, 5) is 12.4. The van der Waals surface area contributed by atoms with Crippen molar-refractivity contribution in [1.29, 1.82) is 0 Å². The number of nitrogens with one attached hydrogen (secondary N) is 1. The Morgan fingerprint density at radius 3 is 2.68 bits per heavy atom. The monoisotopic (exact) mass is 445 g/mol. The largest absolute Gasteiger partial charge is 0.451 e. The first-order valence-corrected chi connectivity index (χ1v) is 8.24. The Balaban J connectivity index is 1.97. The van der Waals surface area contributed by atoms with Crippen LogP contribution in [-0.2, 0) is 0 Å². The maximum atomic E-state index is 12.4. The van der Waals surface area contributed by atoms with Crippen LogP contribution < -0.4 is 5.32 Å². The fraction of sp³-hybridized carbons (Fsp3) is 0.0625. The smallest absolute Gasteiger partial charge is 0.291 e. The quantitative estimate of drug-likeness (QED) is 0.498. The number of anilines is 1. The van der Waals surface area contributed by atoms with E-state index in [2.05, 4.69) is 27.9 Å². The van der Waals surface area contributed by atoms with Crippen LogP contribution in [0.5, 0.6) is 0 Å². The third-order valence-electron chi connectivity index (χ3n) is 3.28. The molecule has 1 heterocycles. The Bertz CT molecular complexity index is 889. The number of hydrogen-bond donors (Lipinski definition) is 1. The van der Waals surface area contributed by atoms with E-state index >= 15 is 0 Å². The van der Waals surface area contributed by atoms with Gasteiger partial charge in [-0.25, -0.2) is 0 Å². The predicted molar refractivity (Wildman–Crippen MR) is 98.1 cm³/mol. The average Bonchev–Trinajstić information content (AvgIpc) is 2.79. The molecule has 0 saturated carbocycles. The van der Waals surface area contributed by atoms with Gasteiger partial charge in [0.1, 0.15) is 5.58 Å². The van der Waals surface area contributed by atoms with Crippen molar-refractivity contribution in [1.82, 2.24) is 0 Å². The molecule has 0 atom stereocenters. The first kappa shape index (κ1) is 15.6. The van der Waals surface area contributed by atoms with Crippen LogP contribution in [-0.4, -0.2) is 5.91 Å². The molecule has 1 amide bonds. The second kappa shape index (κ2) is 6.10. The average molecular weight is 446 g/mol. The summed E-state index contributed by atoms with van der Waals surface area (Å²) in [5.41, 5.74) is 1.92. The van der Waals surface area contributed by atoms with Gasteiger partial charge >= 0.3 is 0 Å².